The van der Waals surface area contributed by atoms with Crippen molar-refractivity contribution in [2.24, 2.45) is 0 Å². The van der Waals surface area contributed by atoms with Crippen molar-refractivity contribution in [3.05, 3.63) is 70.2 Å². The van der Waals surface area contributed by atoms with Gasteiger partial charge in [0.25, 0.3) is 0 Å². The lowest BCUT2D eigenvalue weighted by atomic mass is 9.96. The molecule has 1 fully saturated rings. The smallest absolute Gasteiger partial charge is 0.180 e. The molecule has 3 rings (SSSR count). The Hall–Kier alpha value is -1.49. The molecule has 0 amide bonds. The van der Waals surface area contributed by atoms with Gasteiger partial charge in [-0.05, 0) is 24.1 Å². The molecule has 2 aromatic rings. The molecule has 0 aliphatic carbocycles. The maximum absolute atomic E-state index is 13.1. The van der Waals surface area contributed by atoms with Gasteiger partial charge in [0.05, 0.1) is 19.3 Å². The summed E-state index contributed by atoms with van der Waals surface area (Å²) < 4.78 is 6.43. The highest BCUT2D eigenvalue weighted by atomic mass is 79.9. The number of carbonyl (C=O) groups is 1. The van der Waals surface area contributed by atoms with Crippen LogP contribution in [0.5, 0.6) is 0 Å². The van der Waals surface area contributed by atoms with Gasteiger partial charge in [0, 0.05) is 23.1 Å². The average Bonchev–Trinajstić information content (AvgIpc) is 2.61. The van der Waals surface area contributed by atoms with Gasteiger partial charge in [0.2, 0.25) is 0 Å². The third-order valence-corrected chi connectivity index (χ3v) is 4.72. The zero-order chi connectivity index (χ0) is 16.1. The monoisotopic (exact) mass is 373 g/mol. The van der Waals surface area contributed by atoms with E-state index in [9.17, 15) is 4.79 Å². The van der Waals surface area contributed by atoms with Crippen LogP contribution in [0.15, 0.2) is 59.1 Å². The molecule has 23 heavy (non-hydrogen) atoms. The Morgan fingerprint density at radius 3 is 2.35 bits per heavy atom. The van der Waals surface area contributed by atoms with Crippen LogP contribution in [0.3, 0.4) is 0 Å². The van der Waals surface area contributed by atoms with E-state index in [-0.39, 0.29) is 11.8 Å². The third kappa shape index (κ3) is 4.28. The number of benzene rings is 2. The molecule has 4 heteroatoms. The number of ketones is 1. The average molecular weight is 374 g/mol. The summed E-state index contributed by atoms with van der Waals surface area (Å²) in [6, 6.07) is 17.7. The number of Topliss-reactive ketones (excluding diaryl/α,β-unsaturated/α-hetero) is 1. The van der Waals surface area contributed by atoms with E-state index in [0.717, 1.165) is 29.5 Å². The minimum absolute atomic E-state index is 0.137. The molecule has 1 saturated heterocycles. The Morgan fingerprint density at radius 2 is 1.70 bits per heavy atom. The molecule has 0 unspecified atom stereocenters. The molecule has 0 N–H and O–H groups in total. The molecular weight excluding hydrogens is 354 g/mol. The number of rotatable bonds is 5. The molecule has 1 heterocycles. The van der Waals surface area contributed by atoms with Crippen LogP contribution in [0, 0.1) is 0 Å². The zero-order valence-corrected chi connectivity index (χ0v) is 14.5. The molecule has 1 aliphatic rings. The quantitative estimate of drug-likeness (QED) is 0.750. The number of nitrogens with zero attached hydrogens (tertiary/aromatic N) is 1. The number of morpholine rings is 1. The van der Waals surface area contributed by atoms with Gasteiger partial charge in [-0.15, -0.1) is 0 Å². The second-order valence-corrected chi connectivity index (χ2v) is 6.64. The van der Waals surface area contributed by atoms with Crippen LogP contribution >= 0.6 is 15.9 Å². The Morgan fingerprint density at radius 1 is 1.04 bits per heavy atom. The second kappa shape index (κ2) is 7.86. The second-order valence-electron chi connectivity index (χ2n) is 5.73. The van der Waals surface area contributed by atoms with Gasteiger partial charge in [-0.1, -0.05) is 58.4 Å². The van der Waals surface area contributed by atoms with Crippen molar-refractivity contribution in [1.82, 2.24) is 4.90 Å². The van der Waals surface area contributed by atoms with Gasteiger partial charge in [-0.2, -0.15) is 0 Å². The van der Waals surface area contributed by atoms with Gasteiger partial charge in [-0.25, -0.2) is 0 Å². The first-order chi connectivity index (χ1) is 11.2. The lowest BCUT2D eigenvalue weighted by molar-refractivity contribution is 0.0177. The first kappa shape index (κ1) is 16.4. The molecule has 0 radical (unpaired) electrons. The van der Waals surface area contributed by atoms with Gasteiger partial charge in [0.15, 0.2) is 5.78 Å². The lowest BCUT2D eigenvalue weighted by Gasteiger charge is -2.33. The fourth-order valence-electron chi connectivity index (χ4n) is 2.92. The summed E-state index contributed by atoms with van der Waals surface area (Å²) in [5.41, 5.74) is 1.95. The van der Waals surface area contributed by atoms with Crippen LogP contribution in [-0.4, -0.2) is 43.0 Å². The molecule has 120 valence electrons. The molecule has 0 aromatic heterocycles. The van der Waals surface area contributed by atoms with E-state index >= 15 is 0 Å². The lowest BCUT2D eigenvalue weighted by Crippen LogP contribution is -2.48. The van der Waals surface area contributed by atoms with Crippen LogP contribution in [0.4, 0.5) is 0 Å². The fourth-order valence-corrected chi connectivity index (χ4v) is 3.18. The van der Waals surface area contributed by atoms with Crippen molar-refractivity contribution in [2.45, 2.75) is 12.5 Å². The highest BCUT2D eigenvalue weighted by Crippen LogP contribution is 2.18. The molecule has 0 spiro atoms. The number of carbonyl (C=O) groups excluding carboxylic acids is 1. The van der Waals surface area contributed by atoms with Crippen LogP contribution in [0.2, 0.25) is 0 Å². The Labute approximate surface area is 145 Å². The number of halogens is 1. The summed E-state index contributed by atoms with van der Waals surface area (Å²) >= 11 is 3.42. The van der Waals surface area contributed by atoms with E-state index < -0.39 is 0 Å². The SMILES string of the molecule is O=C(c1ccc(Br)cc1)[C@@H](Cc1ccccc1)N1CCOCC1. The van der Waals surface area contributed by atoms with Crippen molar-refractivity contribution in [1.29, 1.82) is 0 Å². The minimum Gasteiger partial charge on any atom is -0.379 e. The van der Waals surface area contributed by atoms with E-state index in [4.69, 9.17) is 4.74 Å². The summed E-state index contributed by atoms with van der Waals surface area (Å²) in [4.78, 5) is 15.3. The van der Waals surface area contributed by atoms with E-state index in [1.54, 1.807) is 0 Å². The Kier molecular flexibility index (Phi) is 5.60. The summed E-state index contributed by atoms with van der Waals surface area (Å²) in [6.07, 6.45) is 0.732. The predicted molar refractivity (Wildman–Crippen MR) is 94.8 cm³/mol. The zero-order valence-electron chi connectivity index (χ0n) is 13.0. The topological polar surface area (TPSA) is 29.5 Å². The Balaban J connectivity index is 1.84. The minimum atomic E-state index is -0.137. The van der Waals surface area contributed by atoms with Crippen molar-refractivity contribution >= 4 is 21.7 Å². The highest BCUT2D eigenvalue weighted by molar-refractivity contribution is 9.10. The largest absolute Gasteiger partial charge is 0.379 e. The molecule has 2 aromatic carbocycles. The molecule has 1 atom stereocenters. The van der Waals surface area contributed by atoms with Crippen molar-refractivity contribution in [3.63, 3.8) is 0 Å². The van der Waals surface area contributed by atoms with Gasteiger partial charge < -0.3 is 4.74 Å². The van der Waals surface area contributed by atoms with Crippen molar-refractivity contribution in [2.75, 3.05) is 26.3 Å². The van der Waals surface area contributed by atoms with Crippen LogP contribution in [0.1, 0.15) is 15.9 Å². The van der Waals surface area contributed by atoms with E-state index in [2.05, 4.69) is 33.0 Å². The summed E-state index contributed by atoms with van der Waals surface area (Å²) in [6.45, 7) is 3.00. The fraction of sp³-hybridized carbons (Fsp3) is 0.316. The first-order valence-corrected chi connectivity index (χ1v) is 8.69. The molecule has 3 nitrogen and oxygen atoms in total. The predicted octanol–water partition coefficient (Wildman–Crippen LogP) is 3.58. The van der Waals surface area contributed by atoms with E-state index in [1.807, 2.05) is 42.5 Å². The van der Waals surface area contributed by atoms with Crippen LogP contribution in [-0.2, 0) is 11.2 Å². The summed E-state index contributed by atoms with van der Waals surface area (Å²) in [5, 5.41) is 0. The molecule has 0 saturated carbocycles. The van der Waals surface area contributed by atoms with Gasteiger partial charge in [-0.3, -0.25) is 9.69 Å². The van der Waals surface area contributed by atoms with Gasteiger partial charge in [0.1, 0.15) is 0 Å². The number of hydrogen-bond donors (Lipinski definition) is 0. The molecule has 1 aliphatic heterocycles. The maximum Gasteiger partial charge on any atom is 0.180 e. The highest BCUT2D eigenvalue weighted by Gasteiger charge is 2.28. The van der Waals surface area contributed by atoms with E-state index in [0.29, 0.717) is 13.2 Å². The number of hydrogen-bond acceptors (Lipinski definition) is 3. The van der Waals surface area contributed by atoms with E-state index in [1.165, 1.54) is 5.56 Å². The Bertz CT molecular complexity index is 636. The van der Waals surface area contributed by atoms with Gasteiger partial charge >= 0.3 is 0 Å². The third-order valence-electron chi connectivity index (χ3n) is 4.19. The standard InChI is InChI=1S/C19H20BrNO2/c20-17-8-6-16(7-9-17)19(22)18(21-10-12-23-13-11-21)14-15-4-2-1-3-5-15/h1-9,18H,10-14H2/t18-/m1/s1. The summed E-state index contributed by atoms with van der Waals surface area (Å²) in [7, 11) is 0. The molecular formula is C19H20BrNO2. The first-order valence-electron chi connectivity index (χ1n) is 7.89. The van der Waals surface area contributed by atoms with Crippen LogP contribution in [0.25, 0.3) is 0 Å². The normalized spacial score (nSPS) is 16.9. The summed E-state index contributed by atoms with van der Waals surface area (Å²) in [5.74, 6) is 0.184. The van der Waals surface area contributed by atoms with Crippen molar-refractivity contribution < 1.29 is 9.53 Å². The number of ether oxygens (including phenoxy) is 1. The van der Waals surface area contributed by atoms with Crippen molar-refractivity contribution in [3.8, 4) is 0 Å². The maximum atomic E-state index is 13.1. The molecule has 0 bridgehead atoms. The van der Waals surface area contributed by atoms with Crippen LogP contribution < -0.4 is 0 Å².